The van der Waals surface area contributed by atoms with Crippen LogP contribution in [-0.2, 0) is 6.54 Å². The van der Waals surface area contributed by atoms with E-state index in [1.165, 1.54) is 25.9 Å². The standard InChI is InChI=1S/C23H28ClN3O2/c24-20-15-18(9-10-22(20)29-14-6-13-26-11-4-5-12-26)16-27-17-21(25-23(27)28)19-7-2-1-3-8-19/h1-3,7-10,15,21H,4-6,11-14,16-17H2,(H,25,28)/t21-/m1/s1. The van der Waals surface area contributed by atoms with E-state index >= 15 is 0 Å². The molecule has 1 atom stereocenters. The Morgan fingerprint density at radius 2 is 1.90 bits per heavy atom. The zero-order valence-corrected chi connectivity index (χ0v) is 17.4. The number of nitrogens with zero attached hydrogens (tertiary/aromatic N) is 2. The van der Waals surface area contributed by atoms with Crippen LogP contribution in [0.2, 0.25) is 5.02 Å². The second kappa shape index (κ2) is 9.51. The van der Waals surface area contributed by atoms with E-state index in [1.807, 2.05) is 53.4 Å². The summed E-state index contributed by atoms with van der Waals surface area (Å²) >= 11 is 6.43. The zero-order chi connectivity index (χ0) is 20.1. The van der Waals surface area contributed by atoms with E-state index in [1.54, 1.807) is 0 Å². The van der Waals surface area contributed by atoms with Crippen LogP contribution in [0.5, 0.6) is 5.75 Å². The summed E-state index contributed by atoms with van der Waals surface area (Å²) in [6.07, 6.45) is 3.64. The summed E-state index contributed by atoms with van der Waals surface area (Å²) in [5.41, 5.74) is 2.13. The number of ether oxygens (including phenoxy) is 1. The molecule has 2 aliphatic heterocycles. The fraction of sp³-hybridized carbons (Fsp3) is 0.435. The number of rotatable bonds is 8. The second-order valence-electron chi connectivity index (χ2n) is 7.81. The normalized spacial score (nSPS) is 19.6. The van der Waals surface area contributed by atoms with Gasteiger partial charge < -0.3 is 19.9 Å². The van der Waals surface area contributed by atoms with Crippen molar-refractivity contribution < 1.29 is 9.53 Å². The molecular weight excluding hydrogens is 386 g/mol. The van der Waals surface area contributed by atoms with E-state index in [2.05, 4.69) is 10.2 Å². The van der Waals surface area contributed by atoms with E-state index < -0.39 is 0 Å². The highest BCUT2D eigenvalue weighted by atomic mass is 35.5. The lowest BCUT2D eigenvalue weighted by Gasteiger charge is -2.17. The fourth-order valence-corrected chi connectivity index (χ4v) is 4.31. The quantitative estimate of drug-likeness (QED) is 0.649. The molecule has 2 fully saturated rings. The number of urea groups is 1. The molecule has 4 rings (SSSR count). The van der Waals surface area contributed by atoms with Gasteiger partial charge in [-0.15, -0.1) is 0 Å². The number of carbonyl (C=O) groups excluding carboxylic acids is 1. The molecule has 2 saturated heterocycles. The second-order valence-corrected chi connectivity index (χ2v) is 8.22. The Labute approximate surface area is 177 Å². The highest BCUT2D eigenvalue weighted by Gasteiger charge is 2.29. The molecular formula is C23H28ClN3O2. The predicted octanol–water partition coefficient (Wildman–Crippen LogP) is 4.47. The van der Waals surface area contributed by atoms with Crippen LogP contribution in [0.1, 0.15) is 36.4 Å². The van der Waals surface area contributed by atoms with E-state index in [4.69, 9.17) is 16.3 Å². The van der Waals surface area contributed by atoms with Crippen molar-refractivity contribution in [3.05, 3.63) is 64.7 Å². The van der Waals surface area contributed by atoms with E-state index in [-0.39, 0.29) is 12.1 Å². The summed E-state index contributed by atoms with van der Waals surface area (Å²) in [6.45, 7) is 5.36. The fourth-order valence-electron chi connectivity index (χ4n) is 4.06. The minimum absolute atomic E-state index is 0.0254. The number of amides is 2. The van der Waals surface area contributed by atoms with Gasteiger partial charge in [-0.1, -0.05) is 48.0 Å². The van der Waals surface area contributed by atoms with Crippen molar-refractivity contribution in [3.63, 3.8) is 0 Å². The maximum Gasteiger partial charge on any atom is 0.318 e. The predicted molar refractivity (Wildman–Crippen MR) is 115 cm³/mol. The number of hydrogen-bond donors (Lipinski definition) is 1. The van der Waals surface area contributed by atoms with Gasteiger partial charge in [-0.25, -0.2) is 4.79 Å². The Morgan fingerprint density at radius 1 is 1.10 bits per heavy atom. The molecule has 2 aromatic rings. The molecule has 0 radical (unpaired) electrons. The van der Waals surface area contributed by atoms with Crippen molar-refractivity contribution in [3.8, 4) is 5.75 Å². The molecule has 0 spiro atoms. The van der Waals surface area contributed by atoms with Gasteiger partial charge in [-0.2, -0.15) is 0 Å². The van der Waals surface area contributed by atoms with Crippen molar-refractivity contribution in [2.45, 2.75) is 31.8 Å². The molecule has 0 bridgehead atoms. The van der Waals surface area contributed by atoms with Crippen LogP contribution in [0.4, 0.5) is 4.79 Å². The first-order valence-electron chi connectivity index (χ1n) is 10.4. The average molecular weight is 414 g/mol. The molecule has 2 aliphatic rings. The molecule has 0 unspecified atom stereocenters. The first kappa shape index (κ1) is 20.0. The average Bonchev–Trinajstić information content (AvgIpc) is 3.37. The number of benzene rings is 2. The highest BCUT2D eigenvalue weighted by molar-refractivity contribution is 6.32. The van der Waals surface area contributed by atoms with E-state index in [9.17, 15) is 4.79 Å². The smallest absolute Gasteiger partial charge is 0.318 e. The lowest BCUT2D eigenvalue weighted by molar-refractivity contribution is 0.215. The summed E-state index contributed by atoms with van der Waals surface area (Å²) in [5, 5.41) is 3.65. The summed E-state index contributed by atoms with van der Waals surface area (Å²) in [4.78, 5) is 16.7. The lowest BCUT2D eigenvalue weighted by atomic mass is 10.1. The molecule has 5 nitrogen and oxygen atoms in total. The van der Waals surface area contributed by atoms with Gasteiger partial charge in [0.2, 0.25) is 0 Å². The van der Waals surface area contributed by atoms with Crippen molar-refractivity contribution in [2.24, 2.45) is 0 Å². The molecule has 154 valence electrons. The third kappa shape index (κ3) is 5.22. The number of likely N-dealkylation sites (tertiary alicyclic amines) is 1. The first-order valence-corrected chi connectivity index (χ1v) is 10.8. The SMILES string of the molecule is O=C1N[C@@H](c2ccccc2)CN1Cc1ccc(OCCCN2CCCC2)c(Cl)c1. The van der Waals surface area contributed by atoms with Crippen LogP contribution in [0.25, 0.3) is 0 Å². The van der Waals surface area contributed by atoms with Gasteiger partial charge in [-0.05, 0) is 55.6 Å². The molecule has 6 heteroatoms. The molecule has 1 N–H and O–H groups in total. The van der Waals surface area contributed by atoms with E-state index in [0.29, 0.717) is 30.5 Å². The summed E-state index contributed by atoms with van der Waals surface area (Å²) in [6, 6.07) is 15.8. The van der Waals surface area contributed by atoms with Gasteiger partial charge in [-0.3, -0.25) is 0 Å². The number of hydrogen-bond acceptors (Lipinski definition) is 3. The molecule has 29 heavy (non-hydrogen) atoms. The van der Waals surface area contributed by atoms with Gasteiger partial charge in [0, 0.05) is 19.6 Å². The van der Waals surface area contributed by atoms with Crippen LogP contribution in [-0.4, -0.2) is 48.6 Å². The minimum atomic E-state index is -0.0442. The van der Waals surface area contributed by atoms with Gasteiger partial charge >= 0.3 is 6.03 Å². The number of nitrogens with one attached hydrogen (secondary N) is 1. The topological polar surface area (TPSA) is 44.8 Å². The summed E-state index contributed by atoms with van der Waals surface area (Å²) < 4.78 is 5.87. The molecule has 2 amide bonds. The maximum absolute atomic E-state index is 12.4. The Balaban J connectivity index is 1.28. The Kier molecular flexibility index (Phi) is 6.57. The van der Waals surface area contributed by atoms with Crippen molar-refractivity contribution in [1.29, 1.82) is 0 Å². The van der Waals surface area contributed by atoms with Crippen LogP contribution >= 0.6 is 11.6 Å². The zero-order valence-electron chi connectivity index (χ0n) is 16.6. The molecule has 0 aromatic heterocycles. The molecule has 0 saturated carbocycles. The third-order valence-electron chi connectivity index (χ3n) is 5.63. The molecule has 0 aliphatic carbocycles. The maximum atomic E-state index is 12.4. The monoisotopic (exact) mass is 413 g/mol. The van der Waals surface area contributed by atoms with Gasteiger partial charge in [0.1, 0.15) is 5.75 Å². The highest BCUT2D eigenvalue weighted by Crippen LogP contribution is 2.28. The van der Waals surface area contributed by atoms with Crippen molar-refractivity contribution >= 4 is 17.6 Å². The lowest BCUT2D eigenvalue weighted by Crippen LogP contribution is -2.27. The van der Waals surface area contributed by atoms with Crippen LogP contribution < -0.4 is 10.1 Å². The van der Waals surface area contributed by atoms with Gasteiger partial charge in [0.05, 0.1) is 17.7 Å². The van der Waals surface area contributed by atoms with Gasteiger partial charge in [0.25, 0.3) is 0 Å². The third-order valence-corrected chi connectivity index (χ3v) is 5.93. The van der Waals surface area contributed by atoms with E-state index in [0.717, 1.165) is 24.1 Å². The first-order chi connectivity index (χ1) is 14.2. The van der Waals surface area contributed by atoms with Crippen molar-refractivity contribution in [2.75, 3.05) is 32.8 Å². The Morgan fingerprint density at radius 3 is 2.66 bits per heavy atom. The number of halogens is 1. The molecule has 2 heterocycles. The van der Waals surface area contributed by atoms with Crippen LogP contribution in [0.15, 0.2) is 48.5 Å². The summed E-state index contributed by atoms with van der Waals surface area (Å²) in [7, 11) is 0. The minimum Gasteiger partial charge on any atom is -0.492 e. The Hall–Kier alpha value is -2.24. The summed E-state index contributed by atoms with van der Waals surface area (Å²) in [5.74, 6) is 0.713. The molecule has 2 aromatic carbocycles. The largest absolute Gasteiger partial charge is 0.492 e. The van der Waals surface area contributed by atoms with Crippen LogP contribution in [0.3, 0.4) is 0 Å². The van der Waals surface area contributed by atoms with Crippen LogP contribution in [0, 0.1) is 0 Å². The van der Waals surface area contributed by atoms with Crippen molar-refractivity contribution in [1.82, 2.24) is 15.1 Å². The Bertz CT molecular complexity index is 824. The van der Waals surface area contributed by atoms with Gasteiger partial charge in [0.15, 0.2) is 0 Å². The number of carbonyl (C=O) groups is 1.